The molecule has 2 aliphatic heterocycles. The summed E-state index contributed by atoms with van der Waals surface area (Å²) in [5.41, 5.74) is 0.0161. The van der Waals surface area contributed by atoms with E-state index < -0.39 is 16.6 Å². The van der Waals surface area contributed by atoms with Crippen LogP contribution in [0.4, 0.5) is 10.5 Å². The van der Waals surface area contributed by atoms with Crippen molar-refractivity contribution in [2.75, 3.05) is 33.3 Å². The van der Waals surface area contributed by atoms with Gasteiger partial charge in [-0.05, 0) is 37.0 Å². The van der Waals surface area contributed by atoms with Crippen molar-refractivity contribution in [3.05, 3.63) is 33.9 Å². The van der Waals surface area contributed by atoms with Crippen LogP contribution >= 0.6 is 12.2 Å². The zero-order chi connectivity index (χ0) is 23.4. The topological polar surface area (TPSA) is 97.2 Å². The Balaban J connectivity index is 1.32. The summed E-state index contributed by atoms with van der Waals surface area (Å²) in [6.45, 7) is 3.06. The molecule has 2 heterocycles. The van der Waals surface area contributed by atoms with Crippen molar-refractivity contribution < 1.29 is 19.2 Å². The van der Waals surface area contributed by atoms with Gasteiger partial charge in [0.2, 0.25) is 0 Å². The number of carbonyl (C=O) groups is 1. The van der Waals surface area contributed by atoms with Gasteiger partial charge in [-0.2, -0.15) is 0 Å². The van der Waals surface area contributed by atoms with Crippen LogP contribution in [-0.4, -0.2) is 64.8 Å². The van der Waals surface area contributed by atoms with Crippen molar-refractivity contribution in [1.82, 2.24) is 15.1 Å². The maximum Gasteiger partial charge on any atom is 0.410 e. The molecule has 1 aromatic rings. The number of nitrogens with zero attached hydrogens (tertiary/aromatic N) is 3. The summed E-state index contributed by atoms with van der Waals surface area (Å²) in [6.07, 6.45) is 7.54. The van der Waals surface area contributed by atoms with E-state index in [1.165, 1.54) is 51.3 Å². The lowest BCUT2D eigenvalue weighted by atomic mass is 9.89. The van der Waals surface area contributed by atoms with Crippen molar-refractivity contribution >= 4 is 29.1 Å². The largest absolute Gasteiger partial charge is 0.496 e. The Labute approximate surface area is 199 Å². The first-order chi connectivity index (χ1) is 15.9. The number of carbonyl (C=O) groups excluding carboxylic acids is 1. The molecule has 0 aromatic heterocycles. The molecule has 1 spiro atoms. The van der Waals surface area contributed by atoms with E-state index in [1.54, 1.807) is 11.0 Å². The Morgan fingerprint density at radius 2 is 2.03 bits per heavy atom. The molecule has 1 amide bonds. The van der Waals surface area contributed by atoms with E-state index in [0.29, 0.717) is 36.6 Å². The second kappa shape index (κ2) is 10.1. The molecule has 1 aliphatic carbocycles. The first-order valence-electron chi connectivity index (χ1n) is 11.7. The second-order valence-electron chi connectivity index (χ2n) is 9.34. The van der Waals surface area contributed by atoms with E-state index >= 15 is 0 Å². The molecule has 3 aliphatic rings. The smallest absolute Gasteiger partial charge is 0.410 e. The number of non-ortho nitro benzene ring substituents is 1. The van der Waals surface area contributed by atoms with Crippen LogP contribution in [0.15, 0.2) is 18.2 Å². The molecule has 0 bridgehead atoms. The molecule has 9 nitrogen and oxygen atoms in total. The van der Waals surface area contributed by atoms with Gasteiger partial charge in [-0.3, -0.25) is 15.0 Å². The molecule has 1 aromatic carbocycles. The van der Waals surface area contributed by atoms with E-state index in [2.05, 4.69) is 10.2 Å². The van der Waals surface area contributed by atoms with Gasteiger partial charge in [0.1, 0.15) is 11.4 Å². The summed E-state index contributed by atoms with van der Waals surface area (Å²) in [6, 6.07) is 4.41. The average molecular weight is 477 g/mol. The van der Waals surface area contributed by atoms with Gasteiger partial charge in [-0.25, -0.2) is 4.79 Å². The molecule has 10 heteroatoms. The average Bonchev–Trinajstić information content (AvgIpc) is 3.12. The maximum atomic E-state index is 12.6. The minimum absolute atomic E-state index is 0.0318. The molecule has 180 valence electrons. The van der Waals surface area contributed by atoms with Gasteiger partial charge < -0.3 is 19.7 Å². The highest BCUT2D eigenvalue weighted by Gasteiger charge is 2.47. The Bertz CT molecular complexity index is 897. The van der Waals surface area contributed by atoms with Gasteiger partial charge in [-0.1, -0.05) is 19.3 Å². The minimum atomic E-state index is -0.541. The summed E-state index contributed by atoms with van der Waals surface area (Å²) in [7, 11) is 1.51. The van der Waals surface area contributed by atoms with Crippen molar-refractivity contribution in [2.45, 2.75) is 57.1 Å². The van der Waals surface area contributed by atoms with Gasteiger partial charge in [0.05, 0.1) is 25.1 Å². The fraction of sp³-hybridized carbons (Fsp3) is 0.652. The van der Waals surface area contributed by atoms with Crippen molar-refractivity contribution in [1.29, 1.82) is 0 Å². The molecule has 1 saturated carbocycles. The summed E-state index contributed by atoms with van der Waals surface area (Å²) in [5, 5.41) is 15.4. The number of thiocarbonyl (C=S) groups is 1. The summed E-state index contributed by atoms with van der Waals surface area (Å²) < 4.78 is 11.2. The number of likely N-dealkylation sites (tertiary alicyclic amines) is 1. The number of hydrogen-bond donors (Lipinski definition) is 1. The van der Waals surface area contributed by atoms with E-state index in [4.69, 9.17) is 21.7 Å². The quantitative estimate of drug-likeness (QED) is 0.376. The number of nitrogens with one attached hydrogen (secondary N) is 1. The highest BCUT2D eigenvalue weighted by molar-refractivity contribution is 7.80. The highest BCUT2D eigenvalue weighted by atomic mass is 32.1. The Morgan fingerprint density at radius 3 is 2.70 bits per heavy atom. The van der Waals surface area contributed by atoms with Gasteiger partial charge in [0.25, 0.3) is 5.69 Å². The number of hydrogen-bond acceptors (Lipinski definition) is 6. The van der Waals surface area contributed by atoms with Crippen molar-refractivity contribution in [3.63, 3.8) is 0 Å². The summed E-state index contributed by atoms with van der Waals surface area (Å²) in [4.78, 5) is 27.1. The fourth-order valence-corrected chi connectivity index (χ4v) is 5.40. The first kappa shape index (κ1) is 23.5. The molecule has 33 heavy (non-hydrogen) atoms. The Morgan fingerprint density at radius 1 is 1.30 bits per heavy atom. The third-order valence-corrected chi connectivity index (χ3v) is 7.51. The van der Waals surface area contributed by atoms with Crippen LogP contribution in [0.3, 0.4) is 0 Å². The van der Waals surface area contributed by atoms with Gasteiger partial charge in [0, 0.05) is 50.2 Å². The van der Waals surface area contributed by atoms with Gasteiger partial charge >= 0.3 is 6.09 Å². The second-order valence-corrected chi connectivity index (χ2v) is 9.72. The zero-order valence-corrected chi connectivity index (χ0v) is 19.9. The predicted molar refractivity (Wildman–Crippen MR) is 127 cm³/mol. The highest BCUT2D eigenvalue weighted by Crippen LogP contribution is 2.35. The monoisotopic (exact) mass is 476 g/mol. The zero-order valence-electron chi connectivity index (χ0n) is 19.1. The van der Waals surface area contributed by atoms with Crippen LogP contribution in [0.5, 0.6) is 5.75 Å². The normalized spacial score (nSPS) is 20.6. The first-order valence-corrected chi connectivity index (χ1v) is 12.1. The molecule has 4 rings (SSSR count). The number of piperidine rings is 1. The van der Waals surface area contributed by atoms with Crippen LogP contribution in [0.1, 0.15) is 50.5 Å². The minimum Gasteiger partial charge on any atom is -0.496 e. The molecule has 2 saturated heterocycles. The van der Waals surface area contributed by atoms with E-state index in [0.717, 1.165) is 24.7 Å². The lowest BCUT2D eigenvalue weighted by molar-refractivity contribution is -0.384. The molecule has 0 radical (unpaired) electrons. The molecular formula is C23H32N4O5S. The standard InChI is InChI=1S/C23H32N4O5S/c1-31-20-8-7-19(27(29)30)13-18(20)15-26-16-23(32-22(26)28)9-11-25(12-10-23)21(33)24-14-17-5-3-2-4-6-17/h7-8,13,17H,2-6,9-12,14-16H2,1H3,(H,24,33). The Kier molecular flexibility index (Phi) is 7.21. The van der Waals surface area contributed by atoms with E-state index in [1.807, 2.05) is 0 Å². The summed E-state index contributed by atoms with van der Waals surface area (Å²) >= 11 is 5.63. The lowest BCUT2D eigenvalue weighted by Crippen LogP contribution is -2.51. The number of amides is 1. The Hall–Kier alpha value is -2.62. The van der Waals surface area contributed by atoms with Crippen LogP contribution in [0, 0.1) is 16.0 Å². The summed E-state index contributed by atoms with van der Waals surface area (Å²) in [5.74, 6) is 1.22. The van der Waals surface area contributed by atoms with Crippen molar-refractivity contribution in [2.24, 2.45) is 5.92 Å². The number of benzene rings is 1. The van der Waals surface area contributed by atoms with Crippen molar-refractivity contribution in [3.8, 4) is 5.75 Å². The van der Waals surface area contributed by atoms with Gasteiger partial charge in [-0.15, -0.1) is 0 Å². The molecule has 0 atom stereocenters. The van der Waals surface area contributed by atoms with Crippen LogP contribution in [0.25, 0.3) is 0 Å². The van der Waals surface area contributed by atoms with Crippen LogP contribution < -0.4 is 10.1 Å². The molecule has 1 N–H and O–H groups in total. The number of nitro groups is 1. The molecule has 3 fully saturated rings. The SMILES string of the molecule is COc1ccc([N+](=O)[O-])cc1CN1CC2(CCN(C(=S)NCC3CCCCC3)CC2)OC1=O. The van der Waals surface area contributed by atoms with Gasteiger partial charge in [0.15, 0.2) is 5.11 Å². The van der Waals surface area contributed by atoms with Crippen LogP contribution in [-0.2, 0) is 11.3 Å². The van der Waals surface area contributed by atoms with E-state index in [9.17, 15) is 14.9 Å². The molecular weight excluding hydrogens is 444 g/mol. The number of ether oxygens (including phenoxy) is 2. The maximum absolute atomic E-state index is 12.6. The third-order valence-electron chi connectivity index (χ3n) is 7.11. The molecule has 0 unspecified atom stereocenters. The fourth-order valence-electron chi connectivity index (χ4n) is 5.13. The number of methoxy groups -OCH3 is 1. The number of nitro benzene ring substituents is 1. The van der Waals surface area contributed by atoms with Crippen LogP contribution in [0.2, 0.25) is 0 Å². The number of rotatable bonds is 6. The lowest BCUT2D eigenvalue weighted by Gasteiger charge is -2.39. The third kappa shape index (κ3) is 5.48. The predicted octanol–water partition coefficient (Wildman–Crippen LogP) is 3.85. The van der Waals surface area contributed by atoms with E-state index in [-0.39, 0.29) is 12.2 Å².